The van der Waals surface area contributed by atoms with Gasteiger partial charge in [0.1, 0.15) is 6.61 Å². The molecule has 6 heteroatoms. The lowest BCUT2D eigenvalue weighted by molar-refractivity contribution is -0.130. The molecule has 6 nitrogen and oxygen atoms in total. The second kappa shape index (κ2) is 10.6. The summed E-state index contributed by atoms with van der Waals surface area (Å²) in [5.41, 5.74) is 0.932. The molecule has 1 aliphatic rings. The maximum Gasteiger partial charge on any atom is 0.407 e. The van der Waals surface area contributed by atoms with Crippen molar-refractivity contribution in [2.75, 3.05) is 26.3 Å². The molecule has 2 rings (SSSR count). The van der Waals surface area contributed by atoms with Crippen molar-refractivity contribution in [3.05, 3.63) is 48.0 Å². The van der Waals surface area contributed by atoms with Crippen molar-refractivity contribution in [2.24, 2.45) is 5.92 Å². The summed E-state index contributed by atoms with van der Waals surface area (Å²) in [4.78, 5) is 26.1. The van der Waals surface area contributed by atoms with Crippen LogP contribution in [0.4, 0.5) is 4.79 Å². The largest absolute Gasteiger partial charge is 0.445 e. The van der Waals surface area contributed by atoms with E-state index in [1.807, 2.05) is 30.3 Å². The molecule has 1 aliphatic heterocycles. The van der Waals surface area contributed by atoms with E-state index in [2.05, 4.69) is 19.2 Å². The van der Waals surface area contributed by atoms with E-state index in [9.17, 15) is 9.59 Å². The van der Waals surface area contributed by atoms with Crippen LogP contribution in [0.1, 0.15) is 25.8 Å². The summed E-state index contributed by atoms with van der Waals surface area (Å²) in [7, 11) is 0. The smallest absolute Gasteiger partial charge is 0.407 e. The van der Waals surface area contributed by atoms with E-state index in [0.717, 1.165) is 12.0 Å². The van der Waals surface area contributed by atoms with Crippen molar-refractivity contribution in [3.8, 4) is 0 Å². The Morgan fingerprint density at radius 3 is 2.58 bits per heavy atom. The average Bonchev–Trinajstić information content (AvgIpc) is 2.65. The number of benzene rings is 1. The number of alkyl carbamates (subject to hydrolysis) is 1. The molecule has 26 heavy (non-hydrogen) atoms. The van der Waals surface area contributed by atoms with Crippen LogP contribution in [0.5, 0.6) is 0 Å². The molecule has 0 radical (unpaired) electrons. The lowest BCUT2D eigenvalue weighted by Gasteiger charge is -2.26. The van der Waals surface area contributed by atoms with Crippen LogP contribution in [0.3, 0.4) is 0 Å². The van der Waals surface area contributed by atoms with Gasteiger partial charge in [0, 0.05) is 19.2 Å². The molecular formula is C20H28N2O4. The van der Waals surface area contributed by atoms with Gasteiger partial charge < -0.3 is 19.7 Å². The summed E-state index contributed by atoms with van der Waals surface area (Å²) in [5.74, 6) is 0.319. The third kappa shape index (κ3) is 7.27. The quantitative estimate of drug-likeness (QED) is 0.759. The van der Waals surface area contributed by atoms with Crippen LogP contribution in [0.2, 0.25) is 0 Å². The first kappa shape index (κ1) is 20.0. The maximum absolute atomic E-state index is 12.2. The molecular weight excluding hydrogens is 332 g/mol. The molecule has 1 fully saturated rings. The lowest BCUT2D eigenvalue weighted by atomic mass is 10.0. The highest BCUT2D eigenvalue weighted by atomic mass is 16.5. The van der Waals surface area contributed by atoms with Gasteiger partial charge in [-0.2, -0.15) is 0 Å². The molecule has 0 bridgehead atoms. The fraction of sp³-hybridized carbons (Fsp3) is 0.500. The van der Waals surface area contributed by atoms with E-state index in [4.69, 9.17) is 9.47 Å². The van der Waals surface area contributed by atoms with Crippen LogP contribution in [0.15, 0.2) is 42.5 Å². The van der Waals surface area contributed by atoms with Gasteiger partial charge in [0.15, 0.2) is 0 Å². The monoisotopic (exact) mass is 360 g/mol. The first-order chi connectivity index (χ1) is 12.5. The van der Waals surface area contributed by atoms with Crippen LogP contribution in [0.25, 0.3) is 0 Å². The predicted molar refractivity (Wildman–Crippen MR) is 99.5 cm³/mol. The summed E-state index contributed by atoms with van der Waals surface area (Å²) >= 11 is 0. The van der Waals surface area contributed by atoms with E-state index < -0.39 is 6.09 Å². The normalized spacial score (nSPS) is 15.9. The molecule has 1 heterocycles. The van der Waals surface area contributed by atoms with E-state index in [1.165, 1.54) is 6.08 Å². The van der Waals surface area contributed by atoms with Crippen LogP contribution in [-0.2, 0) is 20.9 Å². The maximum atomic E-state index is 12.2. The highest BCUT2D eigenvalue weighted by Crippen LogP contribution is 2.08. The van der Waals surface area contributed by atoms with Crippen molar-refractivity contribution in [1.29, 1.82) is 0 Å². The van der Waals surface area contributed by atoms with Crippen molar-refractivity contribution in [3.63, 3.8) is 0 Å². The summed E-state index contributed by atoms with van der Waals surface area (Å²) in [6.45, 7) is 6.70. The van der Waals surface area contributed by atoms with Crippen LogP contribution < -0.4 is 5.32 Å². The number of nitrogens with one attached hydrogen (secondary N) is 1. The van der Waals surface area contributed by atoms with Crippen LogP contribution in [-0.4, -0.2) is 49.2 Å². The molecule has 1 N–H and O–H groups in total. The summed E-state index contributed by atoms with van der Waals surface area (Å²) in [6, 6.07) is 9.28. The number of ether oxygens (including phenoxy) is 2. The summed E-state index contributed by atoms with van der Waals surface area (Å²) in [5, 5.41) is 2.83. The molecule has 142 valence electrons. The van der Waals surface area contributed by atoms with Crippen molar-refractivity contribution in [2.45, 2.75) is 32.9 Å². The highest BCUT2D eigenvalue weighted by molar-refractivity contribution is 5.87. The lowest BCUT2D eigenvalue weighted by Crippen LogP contribution is -2.40. The van der Waals surface area contributed by atoms with Gasteiger partial charge in [0.2, 0.25) is 5.91 Å². The fourth-order valence-electron chi connectivity index (χ4n) is 2.70. The van der Waals surface area contributed by atoms with E-state index in [1.54, 1.807) is 11.0 Å². The fourth-order valence-corrected chi connectivity index (χ4v) is 2.70. The number of hydrogen-bond donors (Lipinski definition) is 1. The Labute approximate surface area is 155 Å². The minimum absolute atomic E-state index is 0.0542. The Balaban J connectivity index is 1.85. The van der Waals surface area contributed by atoms with Crippen LogP contribution >= 0.6 is 0 Å². The molecule has 0 saturated carbocycles. The van der Waals surface area contributed by atoms with Gasteiger partial charge in [0.05, 0.1) is 19.3 Å². The number of nitrogens with zero attached hydrogens (tertiary/aromatic N) is 1. The second-order valence-corrected chi connectivity index (χ2v) is 6.74. The molecule has 1 aromatic carbocycles. The Morgan fingerprint density at radius 1 is 1.23 bits per heavy atom. The number of amides is 2. The van der Waals surface area contributed by atoms with Crippen molar-refractivity contribution in [1.82, 2.24) is 10.2 Å². The average molecular weight is 360 g/mol. The van der Waals surface area contributed by atoms with Crippen LogP contribution in [0, 0.1) is 5.92 Å². The molecule has 1 atom stereocenters. The first-order valence-electron chi connectivity index (χ1n) is 9.06. The number of carbonyl (C=O) groups excluding carboxylic acids is 2. The van der Waals surface area contributed by atoms with Gasteiger partial charge >= 0.3 is 6.09 Å². The molecule has 1 aromatic rings. The standard InChI is InChI=1S/C20H28N2O4/c1-16(2)14-18(8-9-19(23)22-10-12-25-13-11-22)21-20(24)26-15-17-6-4-3-5-7-17/h3-9,16,18H,10-15H2,1-2H3,(H,21,24)/b9-8+/t18-/m1/s1. The topological polar surface area (TPSA) is 67.9 Å². The summed E-state index contributed by atoms with van der Waals surface area (Å²) in [6.07, 6.45) is 3.54. The summed E-state index contributed by atoms with van der Waals surface area (Å²) < 4.78 is 10.5. The third-order valence-electron chi connectivity index (χ3n) is 4.04. The Bertz CT molecular complexity index is 595. The van der Waals surface area contributed by atoms with Gasteiger partial charge in [-0.15, -0.1) is 0 Å². The molecule has 0 spiro atoms. The van der Waals surface area contributed by atoms with Gasteiger partial charge in [-0.1, -0.05) is 50.3 Å². The van der Waals surface area contributed by atoms with E-state index >= 15 is 0 Å². The van der Waals surface area contributed by atoms with Crippen molar-refractivity contribution < 1.29 is 19.1 Å². The first-order valence-corrected chi connectivity index (χ1v) is 9.06. The van der Waals surface area contributed by atoms with E-state index in [0.29, 0.717) is 32.2 Å². The number of rotatable bonds is 7. The molecule has 0 aromatic heterocycles. The molecule has 2 amide bonds. The Morgan fingerprint density at radius 2 is 1.92 bits per heavy atom. The zero-order valence-electron chi connectivity index (χ0n) is 15.5. The third-order valence-corrected chi connectivity index (χ3v) is 4.04. The van der Waals surface area contributed by atoms with Gasteiger partial charge in [-0.25, -0.2) is 4.79 Å². The van der Waals surface area contributed by atoms with Gasteiger partial charge in [-0.05, 0) is 17.9 Å². The minimum Gasteiger partial charge on any atom is -0.445 e. The Kier molecular flexibility index (Phi) is 8.15. The minimum atomic E-state index is -0.483. The molecule has 0 unspecified atom stereocenters. The number of morpholine rings is 1. The van der Waals surface area contributed by atoms with E-state index in [-0.39, 0.29) is 18.6 Å². The second-order valence-electron chi connectivity index (χ2n) is 6.74. The van der Waals surface area contributed by atoms with Gasteiger partial charge in [0.25, 0.3) is 0 Å². The zero-order valence-corrected chi connectivity index (χ0v) is 15.5. The Hall–Kier alpha value is -2.34. The number of hydrogen-bond acceptors (Lipinski definition) is 4. The number of carbonyl (C=O) groups is 2. The molecule has 0 aliphatic carbocycles. The zero-order chi connectivity index (χ0) is 18.8. The molecule has 1 saturated heterocycles. The SMILES string of the molecule is CC(C)C[C@@H](/C=C/C(=O)N1CCOCC1)NC(=O)OCc1ccccc1. The van der Waals surface area contributed by atoms with Crippen molar-refractivity contribution >= 4 is 12.0 Å². The van der Waals surface area contributed by atoms with Gasteiger partial charge in [-0.3, -0.25) is 4.79 Å². The predicted octanol–water partition coefficient (Wildman–Crippen LogP) is 2.74. The highest BCUT2D eigenvalue weighted by Gasteiger charge is 2.16.